The number of ketones is 1. The molecule has 2 aromatic carbocycles. The van der Waals surface area contributed by atoms with E-state index in [2.05, 4.69) is 4.98 Å². The molecular weight excluding hydrogens is 246 g/mol. The van der Waals surface area contributed by atoms with Crippen molar-refractivity contribution in [3.05, 3.63) is 77.5 Å². The Morgan fingerprint density at radius 3 is 2.60 bits per heavy atom. The van der Waals surface area contributed by atoms with E-state index >= 15 is 0 Å². The zero-order valence-corrected chi connectivity index (χ0v) is 11.3. The summed E-state index contributed by atoms with van der Waals surface area (Å²) in [6.45, 7) is 2.01. The molecule has 0 amide bonds. The van der Waals surface area contributed by atoms with Gasteiger partial charge >= 0.3 is 0 Å². The van der Waals surface area contributed by atoms with Crippen LogP contribution in [0, 0.1) is 6.92 Å². The summed E-state index contributed by atoms with van der Waals surface area (Å²) in [6.07, 6.45) is 5.41. The number of aryl methyl sites for hydroxylation is 1. The molecule has 20 heavy (non-hydrogen) atoms. The van der Waals surface area contributed by atoms with Gasteiger partial charge in [0.15, 0.2) is 5.78 Å². The van der Waals surface area contributed by atoms with Gasteiger partial charge < -0.3 is 4.98 Å². The topological polar surface area (TPSA) is 32.9 Å². The maximum absolute atomic E-state index is 12.1. The summed E-state index contributed by atoms with van der Waals surface area (Å²) in [5.74, 6) is 0.0234. The number of nitrogens with one attached hydrogen (secondary N) is 1. The molecular formula is C18H15NO. The van der Waals surface area contributed by atoms with Gasteiger partial charge in [-0.1, -0.05) is 48.0 Å². The number of rotatable bonds is 3. The largest absolute Gasteiger partial charge is 0.361 e. The number of hydrogen-bond donors (Lipinski definition) is 1. The van der Waals surface area contributed by atoms with Crippen LogP contribution in [0.25, 0.3) is 17.0 Å². The summed E-state index contributed by atoms with van der Waals surface area (Å²) in [5.41, 5.74) is 3.98. The molecule has 1 N–H and O–H groups in total. The molecule has 0 bridgehead atoms. The summed E-state index contributed by atoms with van der Waals surface area (Å²) < 4.78 is 0. The molecule has 1 heterocycles. The van der Waals surface area contributed by atoms with Crippen LogP contribution in [0.2, 0.25) is 0 Å². The van der Waals surface area contributed by atoms with Gasteiger partial charge in [-0.2, -0.15) is 0 Å². The molecule has 0 fully saturated rings. The quantitative estimate of drug-likeness (QED) is 0.551. The normalized spacial score (nSPS) is 11.2. The number of hydrogen-bond acceptors (Lipinski definition) is 1. The van der Waals surface area contributed by atoms with E-state index in [1.54, 1.807) is 6.08 Å². The smallest absolute Gasteiger partial charge is 0.185 e. The Kier molecular flexibility index (Phi) is 3.21. The van der Waals surface area contributed by atoms with Crippen molar-refractivity contribution in [3.8, 4) is 0 Å². The molecule has 0 saturated heterocycles. The van der Waals surface area contributed by atoms with Crippen LogP contribution < -0.4 is 0 Å². The average Bonchev–Trinajstić information content (AvgIpc) is 2.89. The van der Waals surface area contributed by atoms with Crippen LogP contribution in [-0.4, -0.2) is 10.8 Å². The lowest BCUT2D eigenvalue weighted by Gasteiger charge is -1.96. The van der Waals surface area contributed by atoms with E-state index < -0.39 is 0 Å². The highest BCUT2D eigenvalue weighted by Crippen LogP contribution is 2.19. The number of allylic oxidation sites excluding steroid dienone is 1. The molecule has 0 spiro atoms. The van der Waals surface area contributed by atoms with Gasteiger partial charge in [-0.05, 0) is 30.7 Å². The second kappa shape index (κ2) is 5.17. The minimum absolute atomic E-state index is 0.0234. The number of H-pyrrole nitrogens is 1. The fourth-order valence-electron chi connectivity index (χ4n) is 2.21. The number of para-hydroxylation sites is 1. The zero-order chi connectivity index (χ0) is 13.9. The van der Waals surface area contributed by atoms with Gasteiger partial charge in [0.25, 0.3) is 0 Å². The molecule has 3 rings (SSSR count). The Hall–Kier alpha value is -2.61. The molecule has 2 heteroatoms. The second-order valence-electron chi connectivity index (χ2n) is 4.85. The summed E-state index contributed by atoms with van der Waals surface area (Å²) in [6, 6.07) is 15.7. The minimum atomic E-state index is 0.0234. The maximum atomic E-state index is 12.1. The number of aromatic nitrogens is 1. The van der Waals surface area contributed by atoms with Gasteiger partial charge in [-0.15, -0.1) is 0 Å². The lowest BCUT2D eigenvalue weighted by Crippen LogP contribution is -1.93. The third-order valence-electron chi connectivity index (χ3n) is 3.37. The van der Waals surface area contributed by atoms with Crippen LogP contribution in [0.4, 0.5) is 0 Å². The minimum Gasteiger partial charge on any atom is -0.361 e. The molecule has 0 aliphatic rings. The van der Waals surface area contributed by atoms with Gasteiger partial charge in [-0.25, -0.2) is 0 Å². The Bertz CT molecular complexity index is 779. The van der Waals surface area contributed by atoms with E-state index in [0.717, 1.165) is 22.0 Å². The Labute approximate surface area is 117 Å². The van der Waals surface area contributed by atoms with Crippen molar-refractivity contribution in [1.29, 1.82) is 0 Å². The molecule has 0 saturated carbocycles. The monoisotopic (exact) mass is 261 g/mol. The van der Waals surface area contributed by atoms with Crippen LogP contribution in [0.1, 0.15) is 21.5 Å². The predicted octanol–water partition coefficient (Wildman–Crippen LogP) is 4.37. The first-order chi connectivity index (χ1) is 9.74. The van der Waals surface area contributed by atoms with Crippen molar-refractivity contribution >= 4 is 22.8 Å². The van der Waals surface area contributed by atoms with E-state index in [1.807, 2.05) is 67.7 Å². The summed E-state index contributed by atoms with van der Waals surface area (Å²) >= 11 is 0. The standard InChI is InChI=1S/C18H15NO/c1-13-6-8-14(9-7-13)18(20)11-10-15-12-19-17-5-3-2-4-16(15)17/h2-12,19H,1H3. The number of carbonyl (C=O) groups excluding carboxylic acids is 1. The van der Waals surface area contributed by atoms with E-state index in [0.29, 0.717) is 5.56 Å². The molecule has 1 aromatic heterocycles. The summed E-state index contributed by atoms with van der Waals surface area (Å²) in [5, 5.41) is 1.13. The molecule has 0 atom stereocenters. The molecule has 0 unspecified atom stereocenters. The Morgan fingerprint density at radius 2 is 1.80 bits per heavy atom. The predicted molar refractivity (Wildman–Crippen MR) is 82.8 cm³/mol. The van der Waals surface area contributed by atoms with Crippen LogP contribution in [0.15, 0.2) is 60.8 Å². The number of benzene rings is 2. The third-order valence-corrected chi connectivity index (χ3v) is 3.37. The van der Waals surface area contributed by atoms with E-state index in [4.69, 9.17) is 0 Å². The van der Waals surface area contributed by atoms with Crippen molar-refractivity contribution in [1.82, 2.24) is 4.98 Å². The molecule has 3 aromatic rings. The van der Waals surface area contributed by atoms with Gasteiger partial charge in [0.1, 0.15) is 0 Å². The zero-order valence-electron chi connectivity index (χ0n) is 11.3. The first-order valence-electron chi connectivity index (χ1n) is 6.59. The summed E-state index contributed by atoms with van der Waals surface area (Å²) in [4.78, 5) is 15.3. The molecule has 0 radical (unpaired) electrons. The van der Waals surface area contributed by atoms with Gasteiger partial charge in [-0.3, -0.25) is 4.79 Å². The highest BCUT2D eigenvalue weighted by Gasteiger charge is 2.02. The van der Waals surface area contributed by atoms with E-state index in [-0.39, 0.29) is 5.78 Å². The number of fused-ring (bicyclic) bond motifs is 1. The van der Waals surface area contributed by atoms with Gasteiger partial charge in [0.05, 0.1) is 0 Å². The fourth-order valence-corrected chi connectivity index (χ4v) is 2.21. The van der Waals surface area contributed by atoms with Gasteiger partial charge in [0, 0.05) is 22.7 Å². The Morgan fingerprint density at radius 1 is 1.05 bits per heavy atom. The third kappa shape index (κ3) is 2.41. The van der Waals surface area contributed by atoms with Crippen molar-refractivity contribution in [2.45, 2.75) is 6.92 Å². The van der Waals surface area contributed by atoms with Crippen molar-refractivity contribution < 1.29 is 4.79 Å². The molecule has 2 nitrogen and oxygen atoms in total. The second-order valence-corrected chi connectivity index (χ2v) is 4.85. The van der Waals surface area contributed by atoms with Crippen LogP contribution in [0.3, 0.4) is 0 Å². The van der Waals surface area contributed by atoms with Crippen molar-refractivity contribution in [2.75, 3.05) is 0 Å². The fraction of sp³-hybridized carbons (Fsp3) is 0.0556. The molecule has 98 valence electrons. The number of carbonyl (C=O) groups is 1. The molecule has 0 aliphatic carbocycles. The van der Waals surface area contributed by atoms with Crippen LogP contribution in [-0.2, 0) is 0 Å². The first kappa shape index (κ1) is 12.4. The maximum Gasteiger partial charge on any atom is 0.185 e. The van der Waals surface area contributed by atoms with Crippen LogP contribution >= 0.6 is 0 Å². The highest BCUT2D eigenvalue weighted by molar-refractivity contribution is 6.07. The average molecular weight is 261 g/mol. The van der Waals surface area contributed by atoms with E-state index in [1.165, 1.54) is 0 Å². The summed E-state index contributed by atoms with van der Waals surface area (Å²) in [7, 11) is 0. The van der Waals surface area contributed by atoms with Gasteiger partial charge in [0.2, 0.25) is 0 Å². The lowest BCUT2D eigenvalue weighted by molar-refractivity contribution is 0.104. The first-order valence-corrected chi connectivity index (χ1v) is 6.59. The highest BCUT2D eigenvalue weighted by atomic mass is 16.1. The Balaban J connectivity index is 1.87. The van der Waals surface area contributed by atoms with E-state index in [9.17, 15) is 4.79 Å². The van der Waals surface area contributed by atoms with Crippen molar-refractivity contribution in [2.24, 2.45) is 0 Å². The lowest BCUT2D eigenvalue weighted by atomic mass is 10.1. The van der Waals surface area contributed by atoms with Crippen molar-refractivity contribution in [3.63, 3.8) is 0 Å². The number of aromatic amines is 1. The SMILES string of the molecule is Cc1ccc(C(=O)C=Cc2c[nH]c3ccccc23)cc1. The van der Waals surface area contributed by atoms with Crippen LogP contribution in [0.5, 0.6) is 0 Å². The molecule has 0 aliphatic heterocycles.